The number of benzene rings is 1. The highest BCUT2D eigenvalue weighted by molar-refractivity contribution is 7.17. The van der Waals surface area contributed by atoms with Crippen LogP contribution in [0.4, 0.5) is 15.8 Å². The first kappa shape index (κ1) is 33.5. The molecule has 2 fully saturated rings. The minimum absolute atomic E-state index is 0.0102. The van der Waals surface area contributed by atoms with E-state index in [0.29, 0.717) is 30.8 Å². The third-order valence-corrected chi connectivity index (χ3v) is 10.3. The van der Waals surface area contributed by atoms with Crippen LogP contribution in [0.5, 0.6) is 0 Å². The molecule has 2 N–H and O–H groups in total. The average molecular weight is 651 g/mol. The Morgan fingerprint density at radius 3 is 2.54 bits per heavy atom. The standard InChI is InChI=1S/C34H43FN6O4S/c1-4-29(43)38-30(34(45)40-17-15-39(3)16-18-40)22(2)24-12-13-27(26(35)19-24)37-32(44)31(23-9-6-5-7-10-23)41(21-42)28-20-46-33-25(28)11-8-14-36-33/h8,11-14,19-23,30-31H,4-7,9-10,15-18H2,1-3H3,(H,37,44)(H,38,43)/t22-,30+,31-/m0/s1. The van der Waals surface area contributed by atoms with Gasteiger partial charge in [-0.3, -0.25) is 19.2 Å². The summed E-state index contributed by atoms with van der Waals surface area (Å²) in [5.41, 5.74) is 1.13. The molecule has 5 rings (SSSR count). The van der Waals surface area contributed by atoms with Crippen LogP contribution in [0.3, 0.4) is 0 Å². The molecule has 12 heteroatoms. The molecule has 3 heterocycles. The smallest absolute Gasteiger partial charge is 0.247 e. The van der Waals surface area contributed by atoms with Crippen molar-refractivity contribution in [3.05, 3.63) is 53.3 Å². The highest BCUT2D eigenvalue weighted by Gasteiger charge is 2.37. The van der Waals surface area contributed by atoms with E-state index in [1.807, 2.05) is 18.5 Å². The number of pyridine rings is 1. The van der Waals surface area contributed by atoms with E-state index in [4.69, 9.17) is 0 Å². The lowest BCUT2D eigenvalue weighted by Gasteiger charge is -2.36. The molecule has 1 saturated carbocycles. The number of hydrogen-bond acceptors (Lipinski definition) is 7. The third kappa shape index (κ3) is 7.39. The summed E-state index contributed by atoms with van der Waals surface area (Å²) in [6, 6.07) is 6.47. The lowest BCUT2D eigenvalue weighted by Crippen LogP contribution is -2.55. The van der Waals surface area contributed by atoms with E-state index < -0.39 is 29.7 Å². The van der Waals surface area contributed by atoms with Crippen molar-refractivity contribution in [1.29, 1.82) is 0 Å². The molecule has 46 heavy (non-hydrogen) atoms. The van der Waals surface area contributed by atoms with Gasteiger partial charge < -0.3 is 25.3 Å². The number of fused-ring (bicyclic) bond motifs is 1. The van der Waals surface area contributed by atoms with Crippen molar-refractivity contribution in [1.82, 2.24) is 20.1 Å². The number of piperazine rings is 1. The van der Waals surface area contributed by atoms with Gasteiger partial charge in [-0.25, -0.2) is 9.37 Å². The molecule has 3 atom stereocenters. The summed E-state index contributed by atoms with van der Waals surface area (Å²) in [5, 5.41) is 8.25. The Morgan fingerprint density at radius 1 is 1.13 bits per heavy atom. The largest absolute Gasteiger partial charge is 0.344 e. The number of amides is 4. The zero-order valence-corrected chi connectivity index (χ0v) is 27.5. The number of nitrogens with zero attached hydrogens (tertiary/aromatic N) is 4. The van der Waals surface area contributed by atoms with Crippen LogP contribution in [0, 0.1) is 11.7 Å². The second kappa shape index (κ2) is 15.1. The molecule has 2 aromatic heterocycles. The number of likely N-dealkylation sites (N-methyl/N-ethyl adjacent to an activating group) is 1. The monoisotopic (exact) mass is 650 g/mol. The molecule has 10 nitrogen and oxygen atoms in total. The van der Waals surface area contributed by atoms with Gasteiger partial charge in [-0.2, -0.15) is 0 Å². The molecule has 0 unspecified atom stereocenters. The fourth-order valence-corrected chi connectivity index (χ4v) is 7.45. The van der Waals surface area contributed by atoms with Crippen LogP contribution in [0.1, 0.15) is 63.9 Å². The molecule has 1 aliphatic heterocycles. The van der Waals surface area contributed by atoms with Crippen LogP contribution >= 0.6 is 11.3 Å². The van der Waals surface area contributed by atoms with Crippen LogP contribution in [-0.4, -0.2) is 84.2 Å². The molecule has 1 aliphatic carbocycles. The van der Waals surface area contributed by atoms with Gasteiger partial charge in [0, 0.05) is 55.5 Å². The molecule has 3 aromatic rings. The summed E-state index contributed by atoms with van der Waals surface area (Å²) in [6.07, 6.45) is 7.15. The van der Waals surface area contributed by atoms with E-state index in [-0.39, 0.29) is 29.8 Å². The van der Waals surface area contributed by atoms with Crippen LogP contribution in [0.2, 0.25) is 0 Å². The molecular weight excluding hydrogens is 607 g/mol. The Hall–Kier alpha value is -3.90. The van der Waals surface area contributed by atoms with Gasteiger partial charge in [0.1, 0.15) is 22.7 Å². The molecule has 246 valence electrons. The first-order valence-electron chi connectivity index (χ1n) is 16.1. The lowest BCUT2D eigenvalue weighted by atomic mass is 9.82. The maximum absolute atomic E-state index is 15.7. The first-order valence-corrected chi connectivity index (χ1v) is 17.0. The van der Waals surface area contributed by atoms with Crippen LogP contribution in [0.15, 0.2) is 41.9 Å². The van der Waals surface area contributed by atoms with E-state index in [2.05, 4.69) is 20.5 Å². The van der Waals surface area contributed by atoms with Gasteiger partial charge in [-0.1, -0.05) is 39.2 Å². The SMILES string of the molecule is CCC(=O)N[C@@H](C(=O)N1CCN(C)CC1)[C@@H](C)c1ccc(NC(=O)[C@H](C2CCCCC2)N(C=O)c2csc3ncccc23)c(F)c1. The number of hydrogen-bond donors (Lipinski definition) is 2. The number of aromatic nitrogens is 1. The second-order valence-electron chi connectivity index (χ2n) is 12.4. The van der Waals surface area contributed by atoms with Crippen molar-refractivity contribution in [2.24, 2.45) is 5.92 Å². The minimum atomic E-state index is -0.859. The Labute approximate surface area is 273 Å². The molecule has 0 radical (unpaired) electrons. The van der Waals surface area contributed by atoms with Crippen molar-refractivity contribution in [3.8, 4) is 0 Å². The Balaban J connectivity index is 1.38. The zero-order valence-electron chi connectivity index (χ0n) is 26.7. The Kier molecular flexibility index (Phi) is 11.0. The van der Waals surface area contributed by atoms with Gasteiger partial charge in [0.05, 0.1) is 11.4 Å². The van der Waals surface area contributed by atoms with Crippen molar-refractivity contribution in [3.63, 3.8) is 0 Å². The highest BCUT2D eigenvalue weighted by Crippen LogP contribution is 2.37. The van der Waals surface area contributed by atoms with Crippen molar-refractivity contribution < 1.29 is 23.6 Å². The topological polar surface area (TPSA) is 115 Å². The molecule has 0 spiro atoms. The van der Waals surface area contributed by atoms with Crippen molar-refractivity contribution >= 4 is 57.1 Å². The fraction of sp³-hybridized carbons (Fsp3) is 0.500. The van der Waals surface area contributed by atoms with Crippen LogP contribution < -0.4 is 15.5 Å². The number of carbonyl (C=O) groups is 4. The minimum Gasteiger partial charge on any atom is -0.344 e. The number of rotatable bonds is 11. The molecule has 0 bridgehead atoms. The van der Waals surface area contributed by atoms with Crippen LogP contribution in [0.25, 0.3) is 10.2 Å². The summed E-state index contributed by atoms with van der Waals surface area (Å²) in [6.45, 7) is 6.09. The van der Waals surface area contributed by atoms with Gasteiger partial charge in [0.2, 0.25) is 24.1 Å². The second-order valence-corrected chi connectivity index (χ2v) is 13.2. The number of anilines is 2. The Bertz CT molecular complexity index is 1550. The van der Waals surface area contributed by atoms with E-state index in [1.54, 1.807) is 37.1 Å². The van der Waals surface area contributed by atoms with E-state index in [9.17, 15) is 19.2 Å². The van der Waals surface area contributed by atoms with E-state index >= 15 is 4.39 Å². The predicted molar refractivity (Wildman–Crippen MR) is 178 cm³/mol. The average Bonchev–Trinajstić information content (AvgIpc) is 3.50. The molecular formula is C34H43FN6O4S. The number of thiophene rings is 1. The quantitative estimate of drug-likeness (QED) is 0.290. The lowest BCUT2D eigenvalue weighted by molar-refractivity contribution is -0.138. The normalized spacial score (nSPS) is 18.0. The maximum atomic E-state index is 15.7. The van der Waals surface area contributed by atoms with Gasteiger partial charge in [-0.05, 0) is 55.6 Å². The molecule has 2 aliphatic rings. The molecule has 1 aromatic carbocycles. The maximum Gasteiger partial charge on any atom is 0.247 e. The van der Waals surface area contributed by atoms with Crippen molar-refractivity contribution in [2.75, 3.05) is 43.4 Å². The number of halogens is 1. The first-order chi connectivity index (χ1) is 22.2. The summed E-state index contributed by atoms with van der Waals surface area (Å²) in [4.78, 5) is 63.1. The van der Waals surface area contributed by atoms with E-state index in [0.717, 1.165) is 55.4 Å². The molecule has 4 amide bonds. The summed E-state index contributed by atoms with van der Waals surface area (Å²) in [5.74, 6) is -2.18. The van der Waals surface area contributed by atoms with Gasteiger partial charge >= 0.3 is 0 Å². The van der Waals surface area contributed by atoms with Gasteiger partial charge in [0.15, 0.2) is 0 Å². The van der Waals surface area contributed by atoms with E-state index in [1.165, 1.54) is 28.4 Å². The zero-order chi connectivity index (χ0) is 32.8. The fourth-order valence-electron chi connectivity index (χ4n) is 6.56. The number of carbonyl (C=O) groups excluding carboxylic acids is 4. The van der Waals surface area contributed by atoms with Gasteiger partial charge in [0.25, 0.3) is 0 Å². The van der Waals surface area contributed by atoms with Crippen LogP contribution in [-0.2, 0) is 19.2 Å². The number of nitrogens with one attached hydrogen (secondary N) is 2. The van der Waals surface area contributed by atoms with Crippen molar-refractivity contribution in [2.45, 2.75) is 70.4 Å². The molecule has 1 saturated heterocycles. The summed E-state index contributed by atoms with van der Waals surface area (Å²) in [7, 11) is 2.00. The summed E-state index contributed by atoms with van der Waals surface area (Å²) < 4.78 is 15.7. The predicted octanol–water partition coefficient (Wildman–Crippen LogP) is 4.76. The highest BCUT2D eigenvalue weighted by atomic mass is 32.1. The van der Waals surface area contributed by atoms with Gasteiger partial charge in [-0.15, -0.1) is 11.3 Å². The Morgan fingerprint density at radius 2 is 1.87 bits per heavy atom. The summed E-state index contributed by atoms with van der Waals surface area (Å²) >= 11 is 1.40. The third-order valence-electron chi connectivity index (χ3n) is 9.38.